The SMILES string of the molecule is CCN1C(=O)[C@@H]2CN(C(=O)c3nnn(-c4ccc5c(c4)OCCO5)c3C)CCN2C1=O. The topological polar surface area (TPSA) is 110 Å². The lowest BCUT2D eigenvalue weighted by Crippen LogP contribution is -2.54. The normalized spacial score (nSPS) is 20.3. The van der Waals surface area contributed by atoms with Gasteiger partial charge in [-0.2, -0.15) is 0 Å². The van der Waals surface area contributed by atoms with Crippen LogP contribution in [0, 0.1) is 6.92 Å². The summed E-state index contributed by atoms with van der Waals surface area (Å²) in [6, 6.07) is 4.49. The predicted molar refractivity (Wildman–Crippen MR) is 106 cm³/mol. The zero-order valence-electron chi connectivity index (χ0n) is 17.3. The molecule has 11 heteroatoms. The van der Waals surface area contributed by atoms with E-state index in [-0.39, 0.29) is 30.1 Å². The van der Waals surface area contributed by atoms with E-state index in [2.05, 4.69) is 10.3 Å². The molecule has 31 heavy (non-hydrogen) atoms. The first-order valence-electron chi connectivity index (χ1n) is 10.2. The van der Waals surface area contributed by atoms with Crippen LogP contribution in [0.5, 0.6) is 11.5 Å². The van der Waals surface area contributed by atoms with Gasteiger partial charge in [0.25, 0.3) is 11.8 Å². The summed E-state index contributed by atoms with van der Waals surface area (Å²) in [6.45, 7) is 5.62. The number of fused-ring (bicyclic) bond motifs is 2. The van der Waals surface area contributed by atoms with Crippen LogP contribution in [0.2, 0.25) is 0 Å². The third kappa shape index (κ3) is 2.99. The molecular weight excluding hydrogens is 404 g/mol. The Morgan fingerprint density at radius 3 is 2.71 bits per heavy atom. The van der Waals surface area contributed by atoms with Gasteiger partial charge in [0.05, 0.1) is 17.9 Å². The summed E-state index contributed by atoms with van der Waals surface area (Å²) in [5, 5.41) is 8.26. The summed E-state index contributed by atoms with van der Waals surface area (Å²) in [7, 11) is 0. The fraction of sp³-hybridized carbons (Fsp3) is 0.450. The molecule has 3 aliphatic heterocycles. The molecular formula is C20H22N6O5. The number of imide groups is 1. The van der Waals surface area contributed by atoms with E-state index < -0.39 is 6.04 Å². The minimum absolute atomic E-state index is 0.149. The number of hydrogen-bond acceptors (Lipinski definition) is 7. The molecule has 2 aromatic rings. The van der Waals surface area contributed by atoms with Crippen molar-refractivity contribution >= 4 is 17.8 Å². The van der Waals surface area contributed by atoms with Crippen molar-refractivity contribution in [2.24, 2.45) is 0 Å². The standard InChI is InChI=1S/C20H22N6O5/c1-3-24-18(27)14-11-23(6-7-25(14)20(24)29)19(28)17-12(2)26(22-21-17)13-4-5-15-16(10-13)31-9-8-30-15/h4-5,10,14H,3,6-9,11H2,1-2H3/t14-/m0/s1. The van der Waals surface area contributed by atoms with E-state index in [1.165, 1.54) is 9.80 Å². The van der Waals surface area contributed by atoms with Crippen LogP contribution in [0.25, 0.3) is 5.69 Å². The maximum atomic E-state index is 13.2. The largest absolute Gasteiger partial charge is 0.486 e. The predicted octanol–water partition coefficient (Wildman–Crippen LogP) is 0.455. The second kappa shape index (κ2) is 7.25. The van der Waals surface area contributed by atoms with Crippen molar-refractivity contribution in [1.29, 1.82) is 0 Å². The van der Waals surface area contributed by atoms with Gasteiger partial charge in [-0.15, -0.1) is 5.10 Å². The van der Waals surface area contributed by atoms with E-state index in [9.17, 15) is 14.4 Å². The van der Waals surface area contributed by atoms with Crippen LogP contribution in [-0.4, -0.2) is 93.0 Å². The number of rotatable bonds is 3. The van der Waals surface area contributed by atoms with E-state index in [1.54, 1.807) is 35.6 Å². The second-order valence-electron chi connectivity index (χ2n) is 7.59. The molecule has 0 unspecified atom stereocenters. The van der Waals surface area contributed by atoms with Crippen molar-refractivity contribution in [2.75, 3.05) is 39.4 Å². The first-order chi connectivity index (χ1) is 15.0. The zero-order valence-corrected chi connectivity index (χ0v) is 17.3. The first kappa shape index (κ1) is 19.3. The lowest BCUT2D eigenvalue weighted by atomic mass is 10.1. The fourth-order valence-electron chi connectivity index (χ4n) is 4.21. The van der Waals surface area contributed by atoms with Crippen molar-refractivity contribution < 1.29 is 23.9 Å². The Labute approximate surface area is 178 Å². The van der Waals surface area contributed by atoms with E-state index in [4.69, 9.17) is 9.47 Å². The molecule has 1 aromatic heterocycles. The van der Waals surface area contributed by atoms with Gasteiger partial charge in [0.1, 0.15) is 19.3 Å². The molecule has 0 N–H and O–H groups in total. The minimum Gasteiger partial charge on any atom is -0.486 e. The Morgan fingerprint density at radius 1 is 1.16 bits per heavy atom. The number of hydrogen-bond donors (Lipinski definition) is 0. The summed E-state index contributed by atoms with van der Waals surface area (Å²) in [5.41, 5.74) is 1.49. The van der Waals surface area contributed by atoms with Gasteiger partial charge in [-0.05, 0) is 26.0 Å². The highest BCUT2D eigenvalue weighted by Crippen LogP contribution is 2.32. The number of benzene rings is 1. The van der Waals surface area contributed by atoms with Gasteiger partial charge in [0, 0.05) is 25.7 Å². The molecule has 0 aliphatic carbocycles. The average molecular weight is 426 g/mol. The molecule has 2 fully saturated rings. The maximum absolute atomic E-state index is 13.2. The van der Waals surface area contributed by atoms with Crippen LogP contribution in [0.3, 0.4) is 0 Å². The number of piperazine rings is 1. The van der Waals surface area contributed by atoms with Gasteiger partial charge in [0.2, 0.25) is 0 Å². The Balaban J connectivity index is 1.37. The van der Waals surface area contributed by atoms with Crippen LogP contribution in [0.4, 0.5) is 4.79 Å². The Bertz CT molecular complexity index is 1080. The molecule has 3 aliphatic rings. The van der Waals surface area contributed by atoms with Crippen molar-refractivity contribution in [3.8, 4) is 17.2 Å². The monoisotopic (exact) mass is 426 g/mol. The van der Waals surface area contributed by atoms with E-state index >= 15 is 0 Å². The Kier molecular flexibility index (Phi) is 4.53. The van der Waals surface area contributed by atoms with Crippen molar-refractivity contribution in [3.05, 3.63) is 29.6 Å². The number of carbonyl (C=O) groups is 3. The molecule has 0 saturated carbocycles. The van der Waals surface area contributed by atoms with Crippen LogP contribution in [0.15, 0.2) is 18.2 Å². The number of ether oxygens (including phenoxy) is 2. The van der Waals surface area contributed by atoms with Gasteiger partial charge >= 0.3 is 6.03 Å². The highest BCUT2D eigenvalue weighted by molar-refractivity contribution is 6.05. The third-order valence-corrected chi connectivity index (χ3v) is 5.88. The third-order valence-electron chi connectivity index (χ3n) is 5.88. The number of nitrogens with zero attached hydrogens (tertiary/aromatic N) is 6. The molecule has 11 nitrogen and oxygen atoms in total. The highest BCUT2D eigenvalue weighted by Gasteiger charge is 2.48. The Hall–Kier alpha value is -3.63. The van der Waals surface area contributed by atoms with Crippen molar-refractivity contribution in [2.45, 2.75) is 19.9 Å². The van der Waals surface area contributed by atoms with Crippen LogP contribution in [-0.2, 0) is 4.79 Å². The minimum atomic E-state index is -0.640. The highest BCUT2D eigenvalue weighted by atomic mass is 16.6. The van der Waals surface area contributed by atoms with Gasteiger partial charge in [-0.3, -0.25) is 14.5 Å². The van der Waals surface area contributed by atoms with Crippen LogP contribution in [0.1, 0.15) is 23.1 Å². The summed E-state index contributed by atoms with van der Waals surface area (Å²) < 4.78 is 12.7. The number of urea groups is 1. The molecule has 4 amide bonds. The van der Waals surface area contributed by atoms with E-state index in [1.807, 2.05) is 6.07 Å². The molecule has 0 spiro atoms. The summed E-state index contributed by atoms with van der Waals surface area (Å²) in [6.07, 6.45) is 0. The lowest BCUT2D eigenvalue weighted by Gasteiger charge is -2.35. The first-order valence-corrected chi connectivity index (χ1v) is 10.2. The lowest BCUT2D eigenvalue weighted by molar-refractivity contribution is -0.129. The smallest absolute Gasteiger partial charge is 0.327 e. The quantitative estimate of drug-likeness (QED) is 0.656. The maximum Gasteiger partial charge on any atom is 0.327 e. The average Bonchev–Trinajstić information content (AvgIpc) is 3.29. The van der Waals surface area contributed by atoms with Crippen LogP contribution < -0.4 is 9.47 Å². The van der Waals surface area contributed by atoms with E-state index in [0.29, 0.717) is 55.7 Å². The summed E-state index contributed by atoms with van der Waals surface area (Å²) in [5.74, 6) is 0.712. The second-order valence-corrected chi connectivity index (χ2v) is 7.59. The number of amides is 4. The molecule has 5 rings (SSSR count). The number of likely N-dealkylation sites (N-methyl/N-ethyl adjacent to an activating group) is 1. The molecule has 1 atom stereocenters. The fourth-order valence-corrected chi connectivity index (χ4v) is 4.21. The van der Waals surface area contributed by atoms with Gasteiger partial charge in [-0.25, -0.2) is 9.48 Å². The number of carbonyl (C=O) groups excluding carboxylic acids is 3. The molecule has 0 radical (unpaired) electrons. The van der Waals surface area contributed by atoms with Gasteiger partial charge in [0.15, 0.2) is 17.2 Å². The number of aromatic nitrogens is 3. The van der Waals surface area contributed by atoms with Crippen LogP contribution >= 0.6 is 0 Å². The van der Waals surface area contributed by atoms with Gasteiger partial charge < -0.3 is 19.3 Å². The molecule has 2 saturated heterocycles. The molecule has 0 bridgehead atoms. The summed E-state index contributed by atoms with van der Waals surface area (Å²) >= 11 is 0. The molecule has 4 heterocycles. The van der Waals surface area contributed by atoms with Gasteiger partial charge in [-0.1, -0.05) is 5.21 Å². The van der Waals surface area contributed by atoms with Crippen molar-refractivity contribution in [1.82, 2.24) is 29.7 Å². The molecule has 1 aromatic carbocycles. The zero-order chi connectivity index (χ0) is 21.7. The summed E-state index contributed by atoms with van der Waals surface area (Å²) in [4.78, 5) is 42.3. The molecule has 162 valence electrons. The Morgan fingerprint density at radius 2 is 1.94 bits per heavy atom. The van der Waals surface area contributed by atoms with E-state index in [0.717, 1.165) is 0 Å². The van der Waals surface area contributed by atoms with Crippen molar-refractivity contribution in [3.63, 3.8) is 0 Å².